The molecule has 0 radical (unpaired) electrons. The Morgan fingerprint density at radius 2 is 1.77 bits per heavy atom. The molecule has 2 heterocycles. The molecule has 0 unspecified atom stereocenters. The van der Waals surface area contributed by atoms with Gasteiger partial charge in [0.05, 0.1) is 4.90 Å². The number of aromatic nitrogens is 2. The lowest BCUT2D eigenvalue weighted by Crippen LogP contribution is -2.49. The summed E-state index contributed by atoms with van der Waals surface area (Å²) < 4.78 is 27.6. The van der Waals surface area contributed by atoms with Gasteiger partial charge in [0, 0.05) is 38.3 Å². The molecular formula is C19H24N4O2S. The molecule has 1 saturated heterocycles. The molecule has 2 fully saturated rings. The molecule has 4 rings (SSSR count). The number of nitrogens with zero attached hydrogens (tertiary/aromatic N) is 4. The zero-order valence-electron chi connectivity index (χ0n) is 15.2. The lowest BCUT2D eigenvalue weighted by atomic mass is 10.2. The SMILES string of the molecule is Cc1ccc(S(=O)(=O)N2CCN(c3ccnc(C4CC4)n3)CC2)c(C)c1. The Kier molecular flexibility index (Phi) is 4.44. The second-order valence-corrected chi connectivity index (χ2v) is 9.11. The van der Waals surface area contributed by atoms with Gasteiger partial charge in [0.1, 0.15) is 11.6 Å². The van der Waals surface area contributed by atoms with Crippen LogP contribution in [0.2, 0.25) is 0 Å². The highest BCUT2D eigenvalue weighted by molar-refractivity contribution is 7.89. The fourth-order valence-electron chi connectivity index (χ4n) is 3.46. The summed E-state index contributed by atoms with van der Waals surface area (Å²) in [4.78, 5) is 11.6. The summed E-state index contributed by atoms with van der Waals surface area (Å²) in [5, 5.41) is 0. The van der Waals surface area contributed by atoms with E-state index in [4.69, 9.17) is 0 Å². The van der Waals surface area contributed by atoms with Crippen molar-refractivity contribution in [1.82, 2.24) is 14.3 Å². The molecule has 1 aliphatic carbocycles. The van der Waals surface area contributed by atoms with E-state index in [-0.39, 0.29) is 0 Å². The Hall–Kier alpha value is -1.99. The smallest absolute Gasteiger partial charge is 0.243 e. The van der Waals surface area contributed by atoms with Crippen LogP contribution >= 0.6 is 0 Å². The van der Waals surface area contributed by atoms with Gasteiger partial charge in [-0.1, -0.05) is 17.7 Å². The molecule has 6 nitrogen and oxygen atoms in total. The molecule has 1 aromatic carbocycles. The first-order valence-electron chi connectivity index (χ1n) is 9.10. The monoisotopic (exact) mass is 372 g/mol. The van der Waals surface area contributed by atoms with Gasteiger partial charge in [-0.2, -0.15) is 4.31 Å². The zero-order chi connectivity index (χ0) is 18.3. The molecule has 1 saturated carbocycles. The maximum absolute atomic E-state index is 13.0. The van der Waals surface area contributed by atoms with Crippen molar-refractivity contribution < 1.29 is 8.42 Å². The Bertz CT molecular complexity index is 917. The van der Waals surface area contributed by atoms with E-state index in [1.165, 1.54) is 12.8 Å². The van der Waals surface area contributed by atoms with E-state index in [1.54, 1.807) is 10.4 Å². The van der Waals surface area contributed by atoms with E-state index in [0.717, 1.165) is 22.8 Å². The molecule has 138 valence electrons. The summed E-state index contributed by atoms with van der Waals surface area (Å²) in [5.74, 6) is 2.35. The van der Waals surface area contributed by atoms with Crippen LogP contribution in [0.4, 0.5) is 5.82 Å². The average Bonchev–Trinajstić information content (AvgIpc) is 3.47. The largest absolute Gasteiger partial charge is 0.354 e. The highest BCUT2D eigenvalue weighted by atomic mass is 32.2. The predicted octanol–water partition coefficient (Wildman–Crippen LogP) is 2.48. The van der Waals surface area contributed by atoms with E-state index in [2.05, 4.69) is 14.9 Å². The zero-order valence-corrected chi connectivity index (χ0v) is 16.0. The van der Waals surface area contributed by atoms with Crippen LogP contribution in [0.15, 0.2) is 35.4 Å². The number of sulfonamides is 1. The third kappa shape index (κ3) is 3.33. The molecule has 7 heteroatoms. The minimum Gasteiger partial charge on any atom is -0.354 e. The normalized spacial score (nSPS) is 18.9. The fourth-order valence-corrected chi connectivity index (χ4v) is 5.09. The highest BCUT2D eigenvalue weighted by Gasteiger charge is 2.31. The number of aryl methyl sites for hydroxylation is 2. The van der Waals surface area contributed by atoms with Crippen LogP contribution in [0.3, 0.4) is 0 Å². The van der Waals surface area contributed by atoms with Crippen LogP contribution in [0.5, 0.6) is 0 Å². The number of anilines is 1. The second-order valence-electron chi connectivity index (χ2n) is 7.21. The maximum atomic E-state index is 13.0. The first-order valence-corrected chi connectivity index (χ1v) is 10.5. The van der Waals surface area contributed by atoms with Crippen molar-refractivity contribution in [3.63, 3.8) is 0 Å². The first kappa shape index (κ1) is 17.4. The van der Waals surface area contributed by atoms with E-state index in [1.807, 2.05) is 38.2 Å². The fraction of sp³-hybridized carbons (Fsp3) is 0.474. The molecule has 2 aromatic rings. The Balaban J connectivity index is 1.48. The van der Waals surface area contributed by atoms with Gasteiger partial charge in [-0.3, -0.25) is 0 Å². The highest BCUT2D eigenvalue weighted by Crippen LogP contribution is 2.38. The molecule has 0 N–H and O–H groups in total. The van der Waals surface area contributed by atoms with Gasteiger partial charge in [-0.15, -0.1) is 0 Å². The number of benzene rings is 1. The minimum atomic E-state index is -3.45. The first-order chi connectivity index (χ1) is 12.4. The quantitative estimate of drug-likeness (QED) is 0.825. The van der Waals surface area contributed by atoms with Crippen molar-refractivity contribution in [3.05, 3.63) is 47.4 Å². The summed E-state index contributed by atoms with van der Waals surface area (Å²) in [6.07, 6.45) is 4.16. The number of hydrogen-bond acceptors (Lipinski definition) is 5. The third-order valence-electron chi connectivity index (χ3n) is 5.11. The van der Waals surface area contributed by atoms with E-state index in [0.29, 0.717) is 37.0 Å². The van der Waals surface area contributed by atoms with Gasteiger partial charge in [0.25, 0.3) is 0 Å². The molecule has 26 heavy (non-hydrogen) atoms. The van der Waals surface area contributed by atoms with Crippen molar-refractivity contribution in [3.8, 4) is 0 Å². The van der Waals surface area contributed by atoms with E-state index >= 15 is 0 Å². The topological polar surface area (TPSA) is 66.4 Å². The van der Waals surface area contributed by atoms with Gasteiger partial charge in [0.15, 0.2) is 0 Å². The Morgan fingerprint density at radius 3 is 2.42 bits per heavy atom. The van der Waals surface area contributed by atoms with E-state index < -0.39 is 10.0 Å². The van der Waals surface area contributed by atoms with Crippen molar-refractivity contribution >= 4 is 15.8 Å². The Labute approximate surface area is 154 Å². The summed E-state index contributed by atoms with van der Waals surface area (Å²) >= 11 is 0. The number of hydrogen-bond donors (Lipinski definition) is 0. The van der Waals surface area contributed by atoms with Gasteiger partial charge < -0.3 is 4.90 Å². The van der Waals surface area contributed by atoms with Crippen molar-refractivity contribution in [2.75, 3.05) is 31.1 Å². The van der Waals surface area contributed by atoms with Gasteiger partial charge in [-0.25, -0.2) is 18.4 Å². The molecule has 0 bridgehead atoms. The van der Waals surface area contributed by atoms with Crippen LogP contribution in [-0.4, -0.2) is 48.9 Å². The van der Waals surface area contributed by atoms with Crippen LogP contribution in [-0.2, 0) is 10.0 Å². The number of piperazine rings is 1. The molecule has 0 spiro atoms. The lowest BCUT2D eigenvalue weighted by Gasteiger charge is -2.35. The van der Waals surface area contributed by atoms with Crippen LogP contribution < -0.4 is 4.90 Å². The molecule has 0 amide bonds. The predicted molar refractivity (Wildman–Crippen MR) is 101 cm³/mol. The van der Waals surface area contributed by atoms with Gasteiger partial charge in [-0.05, 0) is 44.4 Å². The average molecular weight is 372 g/mol. The van der Waals surface area contributed by atoms with Crippen molar-refractivity contribution in [2.24, 2.45) is 0 Å². The molecule has 0 atom stereocenters. The van der Waals surface area contributed by atoms with Gasteiger partial charge in [0.2, 0.25) is 10.0 Å². The van der Waals surface area contributed by atoms with Gasteiger partial charge >= 0.3 is 0 Å². The second kappa shape index (κ2) is 6.63. The van der Waals surface area contributed by atoms with E-state index in [9.17, 15) is 8.42 Å². The summed E-state index contributed by atoms with van der Waals surface area (Å²) in [5.41, 5.74) is 1.87. The molecular weight excluding hydrogens is 348 g/mol. The standard InChI is InChI=1S/C19H24N4O2S/c1-14-3-6-17(15(2)13-14)26(24,25)23-11-9-22(10-12-23)18-7-8-20-19(21-18)16-4-5-16/h3,6-8,13,16H,4-5,9-12H2,1-2H3. The Morgan fingerprint density at radius 1 is 1.04 bits per heavy atom. The maximum Gasteiger partial charge on any atom is 0.243 e. The molecule has 1 aromatic heterocycles. The van der Waals surface area contributed by atoms with Crippen LogP contribution in [0.1, 0.15) is 35.7 Å². The van der Waals surface area contributed by atoms with Crippen molar-refractivity contribution in [1.29, 1.82) is 0 Å². The molecule has 2 aliphatic rings. The summed E-state index contributed by atoms with van der Waals surface area (Å²) in [6, 6.07) is 7.42. The molecule has 1 aliphatic heterocycles. The number of rotatable bonds is 4. The van der Waals surface area contributed by atoms with Crippen LogP contribution in [0.25, 0.3) is 0 Å². The third-order valence-corrected chi connectivity index (χ3v) is 7.17. The van der Waals surface area contributed by atoms with Crippen molar-refractivity contribution in [2.45, 2.75) is 37.5 Å². The minimum absolute atomic E-state index is 0.412. The van der Waals surface area contributed by atoms with Crippen LogP contribution in [0, 0.1) is 13.8 Å². The summed E-state index contributed by atoms with van der Waals surface area (Å²) in [6.45, 7) is 6.06. The summed E-state index contributed by atoms with van der Waals surface area (Å²) in [7, 11) is -3.45. The lowest BCUT2D eigenvalue weighted by molar-refractivity contribution is 0.383.